The number of carbonyl (C=O) groups excluding carboxylic acids is 1. The molecule has 0 aliphatic carbocycles. The van der Waals surface area contributed by atoms with Crippen LogP contribution in [-0.2, 0) is 11.2 Å². The Morgan fingerprint density at radius 1 is 1.31 bits per heavy atom. The molecule has 86 valence electrons. The highest BCUT2D eigenvalue weighted by Crippen LogP contribution is 2.03. The van der Waals surface area contributed by atoms with Crippen LogP contribution in [0.4, 0.5) is 4.79 Å². The molecule has 5 nitrogen and oxygen atoms in total. The maximum Gasteiger partial charge on any atom is 0.326 e. The summed E-state index contributed by atoms with van der Waals surface area (Å²) in [5, 5.41) is 13.6. The van der Waals surface area contributed by atoms with Gasteiger partial charge in [-0.3, -0.25) is 0 Å². The van der Waals surface area contributed by atoms with Crippen LogP contribution < -0.4 is 10.6 Å². The molecule has 2 amide bonds. The molecule has 3 N–H and O–H groups in total. The molecular formula is C11H14N2O3. The lowest BCUT2D eigenvalue weighted by atomic mass is 10.1. The van der Waals surface area contributed by atoms with E-state index in [4.69, 9.17) is 5.11 Å². The first-order chi connectivity index (χ1) is 7.63. The molecule has 1 rings (SSSR count). The van der Waals surface area contributed by atoms with Crippen LogP contribution in [0.2, 0.25) is 0 Å². The summed E-state index contributed by atoms with van der Waals surface area (Å²) in [6, 6.07) is 7.74. The first kappa shape index (κ1) is 12.0. The second-order valence-corrected chi connectivity index (χ2v) is 3.30. The Balaban J connectivity index is 2.65. The van der Waals surface area contributed by atoms with Crippen molar-refractivity contribution < 1.29 is 14.7 Å². The first-order valence-corrected chi connectivity index (χ1v) is 4.88. The predicted octanol–water partition coefficient (Wildman–Crippen LogP) is 0.611. The summed E-state index contributed by atoms with van der Waals surface area (Å²) >= 11 is 0. The number of rotatable bonds is 4. The summed E-state index contributed by atoms with van der Waals surface area (Å²) in [6.45, 7) is 0. The molecular weight excluding hydrogens is 208 g/mol. The van der Waals surface area contributed by atoms with E-state index in [9.17, 15) is 9.59 Å². The molecule has 0 aromatic heterocycles. The van der Waals surface area contributed by atoms with Gasteiger partial charge < -0.3 is 15.7 Å². The smallest absolute Gasteiger partial charge is 0.326 e. The van der Waals surface area contributed by atoms with Gasteiger partial charge in [0.25, 0.3) is 0 Å². The third kappa shape index (κ3) is 3.61. The van der Waals surface area contributed by atoms with Crippen molar-refractivity contribution >= 4 is 12.0 Å². The zero-order valence-electron chi connectivity index (χ0n) is 8.93. The van der Waals surface area contributed by atoms with Gasteiger partial charge in [-0.05, 0) is 5.56 Å². The van der Waals surface area contributed by atoms with Crippen LogP contribution in [0.3, 0.4) is 0 Å². The average Bonchev–Trinajstić information content (AvgIpc) is 2.29. The highest BCUT2D eigenvalue weighted by atomic mass is 16.4. The van der Waals surface area contributed by atoms with Crippen LogP contribution in [0.25, 0.3) is 0 Å². The van der Waals surface area contributed by atoms with E-state index in [0.29, 0.717) is 0 Å². The highest BCUT2D eigenvalue weighted by molar-refractivity contribution is 5.82. The standard InChI is InChI=1S/C11H14N2O3/c1-12-11(16)13-9(10(14)15)7-8-5-3-2-4-6-8/h2-6,9H,7H2,1H3,(H,14,15)(H2,12,13,16)/t9-/m1/s1. The van der Waals surface area contributed by atoms with Gasteiger partial charge in [0.2, 0.25) is 0 Å². The SMILES string of the molecule is CNC(=O)N[C@H](Cc1ccccc1)C(=O)O. The number of carboxylic acid groups (broad SMARTS) is 1. The number of hydrogen-bond donors (Lipinski definition) is 3. The number of amides is 2. The molecule has 0 saturated heterocycles. The second kappa shape index (κ2) is 5.75. The Kier molecular flexibility index (Phi) is 4.32. The molecule has 5 heteroatoms. The van der Waals surface area contributed by atoms with Crippen molar-refractivity contribution in [3.63, 3.8) is 0 Å². The molecule has 0 aliphatic rings. The van der Waals surface area contributed by atoms with Gasteiger partial charge in [0.05, 0.1) is 0 Å². The zero-order chi connectivity index (χ0) is 12.0. The monoisotopic (exact) mass is 222 g/mol. The molecule has 0 spiro atoms. The fourth-order valence-corrected chi connectivity index (χ4v) is 1.28. The molecule has 0 heterocycles. The fourth-order valence-electron chi connectivity index (χ4n) is 1.28. The van der Waals surface area contributed by atoms with Gasteiger partial charge in [0.15, 0.2) is 0 Å². The van der Waals surface area contributed by atoms with Crippen LogP contribution in [0.5, 0.6) is 0 Å². The molecule has 0 fully saturated rings. The zero-order valence-corrected chi connectivity index (χ0v) is 8.93. The van der Waals surface area contributed by atoms with Crippen LogP contribution >= 0.6 is 0 Å². The molecule has 0 unspecified atom stereocenters. The predicted molar refractivity (Wildman–Crippen MR) is 59.2 cm³/mol. The average molecular weight is 222 g/mol. The van der Waals surface area contributed by atoms with Gasteiger partial charge >= 0.3 is 12.0 Å². The molecule has 16 heavy (non-hydrogen) atoms. The normalized spacial score (nSPS) is 11.6. The second-order valence-electron chi connectivity index (χ2n) is 3.30. The minimum atomic E-state index is -1.05. The molecule has 1 atom stereocenters. The Labute approximate surface area is 93.5 Å². The fraction of sp³-hybridized carbons (Fsp3) is 0.273. The summed E-state index contributed by atoms with van der Waals surface area (Å²) in [7, 11) is 1.44. The summed E-state index contributed by atoms with van der Waals surface area (Å²) in [4.78, 5) is 21.9. The van der Waals surface area contributed by atoms with Gasteiger partial charge in [-0.25, -0.2) is 9.59 Å². The Morgan fingerprint density at radius 2 is 1.94 bits per heavy atom. The van der Waals surface area contributed by atoms with E-state index in [0.717, 1.165) is 5.56 Å². The molecule has 0 bridgehead atoms. The van der Waals surface area contributed by atoms with Gasteiger partial charge in [-0.1, -0.05) is 30.3 Å². The number of benzene rings is 1. The molecule has 1 aromatic rings. The van der Waals surface area contributed by atoms with Gasteiger partial charge in [-0.2, -0.15) is 0 Å². The van der Waals surface area contributed by atoms with Crippen molar-refractivity contribution in [2.24, 2.45) is 0 Å². The van der Waals surface area contributed by atoms with E-state index in [1.165, 1.54) is 7.05 Å². The number of hydrogen-bond acceptors (Lipinski definition) is 2. The van der Waals surface area contributed by atoms with E-state index in [1.54, 1.807) is 0 Å². The van der Waals surface area contributed by atoms with E-state index in [-0.39, 0.29) is 6.42 Å². The molecule has 0 aliphatic heterocycles. The lowest BCUT2D eigenvalue weighted by molar-refractivity contribution is -0.139. The summed E-state index contributed by atoms with van der Waals surface area (Å²) in [5.41, 5.74) is 0.867. The number of carbonyl (C=O) groups is 2. The van der Waals surface area contributed by atoms with Crippen molar-refractivity contribution in [3.05, 3.63) is 35.9 Å². The van der Waals surface area contributed by atoms with Gasteiger partial charge in [0.1, 0.15) is 6.04 Å². The van der Waals surface area contributed by atoms with Gasteiger partial charge in [-0.15, -0.1) is 0 Å². The third-order valence-corrected chi connectivity index (χ3v) is 2.11. The van der Waals surface area contributed by atoms with E-state index in [2.05, 4.69) is 10.6 Å². The number of carboxylic acids is 1. The number of aliphatic carboxylic acids is 1. The van der Waals surface area contributed by atoms with Gasteiger partial charge in [0, 0.05) is 13.5 Å². The summed E-state index contributed by atoms with van der Waals surface area (Å²) in [6.07, 6.45) is 0.267. The first-order valence-electron chi connectivity index (χ1n) is 4.88. The van der Waals surface area contributed by atoms with Crippen molar-refractivity contribution in [2.45, 2.75) is 12.5 Å². The third-order valence-electron chi connectivity index (χ3n) is 2.11. The van der Waals surface area contributed by atoms with Crippen molar-refractivity contribution in [2.75, 3.05) is 7.05 Å². The maximum atomic E-state index is 11.0. The Bertz CT molecular complexity index is 365. The van der Waals surface area contributed by atoms with E-state index in [1.807, 2.05) is 30.3 Å². The number of nitrogens with one attached hydrogen (secondary N) is 2. The minimum Gasteiger partial charge on any atom is -0.480 e. The Hall–Kier alpha value is -2.04. The minimum absolute atomic E-state index is 0.267. The van der Waals surface area contributed by atoms with Crippen molar-refractivity contribution in [3.8, 4) is 0 Å². The number of urea groups is 1. The molecule has 0 saturated carbocycles. The lowest BCUT2D eigenvalue weighted by Gasteiger charge is -2.13. The van der Waals surface area contributed by atoms with Crippen LogP contribution in [0.1, 0.15) is 5.56 Å². The molecule has 0 radical (unpaired) electrons. The van der Waals surface area contributed by atoms with E-state index >= 15 is 0 Å². The highest BCUT2D eigenvalue weighted by Gasteiger charge is 2.19. The lowest BCUT2D eigenvalue weighted by Crippen LogP contribution is -2.46. The van der Waals surface area contributed by atoms with Crippen LogP contribution in [0, 0.1) is 0 Å². The quantitative estimate of drug-likeness (QED) is 0.698. The van der Waals surface area contributed by atoms with Crippen molar-refractivity contribution in [1.29, 1.82) is 0 Å². The maximum absolute atomic E-state index is 11.0. The topological polar surface area (TPSA) is 78.4 Å². The Morgan fingerprint density at radius 3 is 2.44 bits per heavy atom. The van der Waals surface area contributed by atoms with Crippen molar-refractivity contribution in [1.82, 2.24) is 10.6 Å². The molecule has 1 aromatic carbocycles. The van der Waals surface area contributed by atoms with Crippen LogP contribution in [0.15, 0.2) is 30.3 Å². The summed E-state index contributed by atoms with van der Waals surface area (Å²) < 4.78 is 0. The van der Waals surface area contributed by atoms with E-state index < -0.39 is 18.0 Å². The summed E-state index contributed by atoms with van der Waals surface area (Å²) in [5.74, 6) is -1.05. The largest absolute Gasteiger partial charge is 0.480 e. The van der Waals surface area contributed by atoms with Crippen LogP contribution in [-0.4, -0.2) is 30.2 Å².